The Balaban J connectivity index is 1.75. The molecule has 0 spiro atoms. The quantitative estimate of drug-likeness (QED) is 0.356. The first-order chi connectivity index (χ1) is 11.6. The van der Waals surface area contributed by atoms with Crippen molar-refractivity contribution in [3.05, 3.63) is 68.7 Å². The largest absolute Gasteiger partial charge is 0.305 e. The van der Waals surface area contributed by atoms with Crippen molar-refractivity contribution in [3.63, 3.8) is 0 Å². The molecular weight excluding hydrogens is 392 g/mol. The van der Waals surface area contributed by atoms with Crippen LogP contribution in [0.15, 0.2) is 58.2 Å². The van der Waals surface area contributed by atoms with E-state index in [0.29, 0.717) is 5.75 Å². The standard InChI is InChI=1S/C16H13BrN4O2S/c1-20-15(13-4-2-3-5-14(13)17)18-19-16(20)24-10-11-6-8-12(9-7-11)21(22)23/h2-9H,10H2,1H3. The van der Waals surface area contributed by atoms with Gasteiger partial charge in [-0.25, -0.2) is 0 Å². The van der Waals surface area contributed by atoms with E-state index in [2.05, 4.69) is 26.1 Å². The van der Waals surface area contributed by atoms with Gasteiger partial charge in [0.2, 0.25) is 0 Å². The first-order valence-electron chi connectivity index (χ1n) is 7.06. The van der Waals surface area contributed by atoms with E-state index >= 15 is 0 Å². The molecule has 0 saturated heterocycles. The summed E-state index contributed by atoms with van der Waals surface area (Å²) in [4.78, 5) is 10.3. The molecule has 2 aromatic carbocycles. The molecule has 24 heavy (non-hydrogen) atoms. The monoisotopic (exact) mass is 404 g/mol. The summed E-state index contributed by atoms with van der Waals surface area (Å²) in [6.45, 7) is 0. The molecule has 0 N–H and O–H groups in total. The molecule has 0 aliphatic rings. The molecule has 0 aliphatic carbocycles. The molecule has 0 unspecified atom stereocenters. The summed E-state index contributed by atoms with van der Waals surface area (Å²) in [7, 11) is 1.92. The Labute approximate surface area is 151 Å². The molecule has 0 saturated carbocycles. The summed E-state index contributed by atoms with van der Waals surface area (Å²) in [5.74, 6) is 1.45. The summed E-state index contributed by atoms with van der Waals surface area (Å²) >= 11 is 5.07. The zero-order chi connectivity index (χ0) is 17.1. The van der Waals surface area contributed by atoms with Crippen LogP contribution in [0.25, 0.3) is 11.4 Å². The van der Waals surface area contributed by atoms with Gasteiger partial charge in [0.05, 0.1) is 4.92 Å². The lowest BCUT2D eigenvalue weighted by Gasteiger charge is -2.05. The highest BCUT2D eigenvalue weighted by Gasteiger charge is 2.13. The van der Waals surface area contributed by atoms with Gasteiger partial charge in [0.1, 0.15) is 0 Å². The third kappa shape index (κ3) is 3.49. The maximum atomic E-state index is 10.7. The third-order valence-electron chi connectivity index (χ3n) is 3.46. The third-order valence-corrected chi connectivity index (χ3v) is 5.25. The maximum absolute atomic E-state index is 10.7. The van der Waals surface area contributed by atoms with Crippen LogP contribution in [0, 0.1) is 10.1 Å². The van der Waals surface area contributed by atoms with E-state index in [9.17, 15) is 10.1 Å². The zero-order valence-corrected chi connectivity index (χ0v) is 15.1. The van der Waals surface area contributed by atoms with E-state index in [0.717, 1.165) is 26.6 Å². The number of nitro benzene ring substituents is 1. The minimum absolute atomic E-state index is 0.0959. The number of hydrogen-bond donors (Lipinski definition) is 0. The summed E-state index contributed by atoms with van der Waals surface area (Å²) in [6, 6.07) is 14.4. The predicted octanol–water partition coefficient (Wildman–Crippen LogP) is 4.45. The number of thioether (sulfide) groups is 1. The minimum atomic E-state index is -0.399. The van der Waals surface area contributed by atoms with Gasteiger partial charge >= 0.3 is 0 Å². The number of nitro groups is 1. The van der Waals surface area contributed by atoms with Crippen LogP contribution in [-0.2, 0) is 12.8 Å². The summed E-state index contributed by atoms with van der Waals surface area (Å²) in [5, 5.41) is 20.0. The molecule has 0 amide bonds. The Morgan fingerprint density at radius 3 is 2.54 bits per heavy atom. The molecule has 6 nitrogen and oxygen atoms in total. The first-order valence-corrected chi connectivity index (χ1v) is 8.84. The molecule has 0 atom stereocenters. The Bertz CT molecular complexity index is 880. The van der Waals surface area contributed by atoms with Gasteiger partial charge in [-0.2, -0.15) is 0 Å². The minimum Gasteiger partial charge on any atom is -0.305 e. The number of non-ortho nitro benzene ring substituents is 1. The number of halogens is 1. The molecule has 1 heterocycles. The van der Waals surface area contributed by atoms with Crippen LogP contribution in [0.1, 0.15) is 5.56 Å². The number of rotatable bonds is 5. The fourth-order valence-electron chi connectivity index (χ4n) is 2.18. The van der Waals surface area contributed by atoms with Crippen LogP contribution in [0.3, 0.4) is 0 Å². The highest BCUT2D eigenvalue weighted by atomic mass is 79.9. The van der Waals surface area contributed by atoms with E-state index in [4.69, 9.17) is 0 Å². The fraction of sp³-hybridized carbons (Fsp3) is 0.125. The molecule has 3 aromatic rings. The van der Waals surface area contributed by atoms with Gasteiger partial charge in [-0.05, 0) is 11.6 Å². The molecular formula is C16H13BrN4O2S. The molecule has 0 bridgehead atoms. The topological polar surface area (TPSA) is 73.8 Å². The average Bonchev–Trinajstić information content (AvgIpc) is 2.94. The molecule has 122 valence electrons. The van der Waals surface area contributed by atoms with Gasteiger partial charge in [-0.15, -0.1) is 10.2 Å². The lowest BCUT2D eigenvalue weighted by atomic mass is 10.2. The SMILES string of the molecule is Cn1c(SCc2ccc([N+](=O)[O-])cc2)nnc1-c1ccccc1Br. The summed E-state index contributed by atoms with van der Waals surface area (Å²) in [6.07, 6.45) is 0. The fourth-order valence-corrected chi connectivity index (χ4v) is 3.51. The molecule has 1 aromatic heterocycles. The molecule has 0 fully saturated rings. The van der Waals surface area contributed by atoms with Crippen LogP contribution in [0.5, 0.6) is 0 Å². The van der Waals surface area contributed by atoms with Crippen molar-refractivity contribution in [2.24, 2.45) is 7.05 Å². The van der Waals surface area contributed by atoms with Crippen molar-refractivity contribution < 1.29 is 4.92 Å². The number of aromatic nitrogens is 3. The molecule has 3 rings (SSSR count). The predicted molar refractivity (Wildman–Crippen MR) is 96.8 cm³/mol. The lowest BCUT2D eigenvalue weighted by Crippen LogP contribution is -1.95. The highest BCUT2D eigenvalue weighted by Crippen LogP contribution is 2.29. The van der Waals surface area contributed by atoms with Crippen molar-refractivity contribution in [2.45, 2.75) is 10.9 Å². The zero-order valence-electron chi connectivity index (χ0n) is 12.7. The van der Waals surface area contributed by atoms with E-state index in [1.54, 1.807) is 12.1 Å². The Morgan fingerprint density at radius 2 is 1.88 bits per heavy atom. The van der Waals surface area contributed by atoms with Gasteiger partial charge in [0, 0.05) is 35.0 Å². The Hall–Kier alpha value is -2.19. The van der Waals surface area contributed by atoms with Crippen LogP contribution in [-0.4, -0.2) is 19.7 Å². The second-order valence-electron chi connectivity index (χ2n) is 5.06. The van der Waals surface area contributed by atoms with Gasteiger partial charge in [0.25, 0.3) is 5.69 Å². The number of hydrogen-bond acceptors (Lipinski definition) is 5. The van der Waals surface area contributed by atoms with E-state index in [-0.39, 0.29) is 5.69 Å². The Morgan fingerprint density at radius 1 is 1.17 bits per heavy atom. The number of nitrogens with zero attached hydrogens (tertiary/aromatic N) is 4. The normalized spacial score (nSPS) is 10.8. The van der Waals surface area contributed by atoms with Crippen molar-refractivity contribution in [1.82, 2.24) is 14.8 Å². The second-order valence-corrected chi connectivity index (χ2v) is 6.85. The van der Waals surface area contributed by atoms with E-state index < -0.39 is 4.92 Å². The van der Waals surface area contributed by atoms with Gasteiger partial charge < -0.3 is 4.57 Å². The van der Waals surface area contributed by atoms with Gasteiger partial charge in [-0.3, -0.25) is 10.1 Å². The van der Waals surface area contributed by atoms with Crippen LogP contribution in [0.2, 0.25) is 0 Å². The molecule has 8 heteroatoms. The highest BCUT2D eigenvalue weighted by molar-refractivity contribution is 9.10. The molecule has 0 radical (unpaired) electrons. The van der Waals surface area contributed by atoms with Crippen LogP contribution < -0.4 is 0 Å². The maximum Gasteiger partial charge on any atom is 0.269 e. The van der Waals surface area contributed by atoms with Crippen LogP contribution in [0.4, 0.5) is 5.69 Å². The first kappa shape index (κ1) is 16.7. The smallest absolute Gasteiger partial charge is 0.269 e. The number of benzene rings is 2. The summed E-state index contributed by atoms with van der Waals surface area (Å²) < 4.78 is 2.91. The van der Waals surface area contributed by atoms with Crippen molar-refractivity contribution in [3.8, 4) is 11.4 Å². The molecule has 0 aliphatic heterocycles. The lowest BCUT2D eigenvalue weighted by molar-refractivity contribution is -0.384. The van der Waals surface area contributed by atoms with Crippen molar-refractivity contribution in [1.29, 1.82) is 0 Å². The van der Waals surface area contributed by atoms with Gasteiger partial charge in [0.15, 0.2) is 11.0 Å². The van der Waals surface area contributed by atoms with E-state index in [1.165, 1.54) is 23.9 Å². The van der Waals surface area contributed by atoms with Gasteiger partial charge in [-0.1, -0.05) is 58.0 Å². The average molecular weight is 405 g/mol. The van der Waals surface area contributed by atoms with Crippen molar-refractivity contribution in [2.75, 3.05) is 0 Å². The summed E-state index contributed by atoms with van der Waals surface area (Å²) in [5.41, 5.74) is 2.07. The Kier molecular flexibility index (Phi) is 4.96. The second kappa shape index (κ2) is 7.14. The van der Waals surface area contributed by atoms with E-state index in [1.807, 2.05) is 35.9 Å². The van der Waals surface area contributed by atoms with Crippen LogP contribution >= 0.6 is 27.7 Å². The van der Waals surface area contributed by atoms with Crippen molar-refractivity contribution >= 4 is 33.4 Å².